The Morgan fingerprint density at radius 2 is 2.59 bits per heavy atom. The van der Waals surface area contributed by atoms with Gasteiger partial charge in [-0.15, -0.1) is 0 Å². The largest absolute Gasteiger partial charge is 0.378 e. The Balaban J connectivity index is 1.86. The summed E-state index contributed by atoms with van der Waals surface area (Å²) in [4.78, 5) is 15.8. The third-order valence-corrected chi connectivity index (χ3v) is 2.74. The van der Waals surface area contributed by atoms with Gasteiger partial charge in [0.15, 0.2) is 0 Å². The van der Waals surface area contributed by atoms with E-state index in [0.717, 1.165) is 24.4 Å². The Kier molecular flexibility index (Phi) is 4.06. The number of nitrogens with zero attached hydrogens (tertiary/aromatic N) is 1. The van der Waals surface area contributed by atoms with Gasteiger partial charge in [0.2, 0.25) is 5.91 Å². The first-order valence-electron chi connectivity index (χ1n) is 5.77. The molecule has 5 heteroatoms. The second kappa shape index (κ2) is 5.75. The fourth-order valence-electron chi connectivity index (χ4n) is 1.77. The molecule has 17 heavy (non-hydrogen) atoms. The van der Waals surface area contributed by atoms with Crippen molar-refractivity contribution in [1.82, 2.24) is 10.3 Å². The maximum absolute atomic E-state index is 11.8. The van der Waals surface area contributed by atoms with Gasteiger partial charge in [-0.05, 0) is 18.6 Å². The Hall–Kier alpha value is -1.46. The summed E-state index contributed by atoms with van der Waals surface area (Å²) in [6, 6.07) is 1.98. The van der Waals surface area contributed by atoms with Crippen LogP contribution < -0.4 is 10.6 Å². The summed E-state index contributed by atoms with van der Waals surface area (Å²) in [7, 11) is 0. The second-order valence-electron chi connectivity index (χ2n) is 4.17. The van der Waals surface area contributed by atoms with Crippen molar-refractivity contribution in [3.63, 3.8) is 0 Å². The summed E-state index contributed by atoms with van der Waals surface area (Å²) in [5.74, 6) is -0.0101. The Morgan fingerprint density at radius 3 is 3.29 bits per heavy atom. The number of hydrogen-bond donors (Lipinski definition) is 2. The molecule has 1 fully saturated rings. The normalized spacial score (nSPS) is 19.9. The van der Waals surface area contributed by atoms with Gasteiger partial charge >= 0.3 is 0 Å². The standard InChI is InChI=1S/C12H17N3O2/c1-9-2-3-13-7-11(9)15-12(16)6-10-8-17-5-4-14-10/h2-3,7,10,14H,4-6,8H2,1H3,(H,15,16). The number of hydrogen-bond acceptors (Lipinski definition) is 4. The first kappa shape index (κ1) is 12.0. The third-order valence-electron chi connectivity index (χ3n) is 2.74. The summed E-state index contributed by atoms with van der Waals surface area (Å²) < 4.78 is 5.30. The molecule has 1 saturated heterocycles. The number of rotatable bonds is 3. The van der Waals surface area contributed by atoms with Crippen LogP contribution in [0.3, 0.4) is 0 Å². The summed E-state index contributed by atoms with van der Waals surface area (Å²) in [6.07, 6.45) is 3.80. The van der Waals surface area contributed by atoms with Crippen molar-refractivity contribution < 1.29 is 9.53 Å². The number of morpholine rings is 1. The van der Waals surface area contributed by atoms with Gasteiger partial charge in [-0.2, -0.15) is 0 Å². The molecule has 0 saturated carbocycles. The van der Waals surface area contributed by atoms with E-state index in [-0.39, 0.29) is 11.9 Å². The van der Waals surface area contributed by atoms with E-state index in [1.165, 1.54) is 0 Å². The van der Waals surface area contributed by atoms with Crippen molar-refractivity contribution >= 4 is 11.6 Å². The van der Waals surface area contributed by atoms with Crippen molar-refractivity contribution in [2.75, 3.05) is 25.1 Å². The van der Waals surface area contributed by atoms with E-state index in [2.05, 4.69) is 15.6 Å². The number of ether oxygens (including phenoxy) is 1. The van der Waals surface area contributed by atoms with E-state index in [1.54, 1.807) is 12.4 Å². The molecule has 1 aromatic rings. The van der Waals surface area contributed by atoms with E-state index in [4.69, 9.17) is 4.74 Å². The van der Waals surface area contributed by atoms with Crippen LogP contribution in [0.15, 0.2) is 18.5 Å². The van der Waals surface area contributed by atoms with Crippen LogP contribution in [0, 0.1) is 6.92 Å². The minimum absolute atomic E-state index is 0.0101. The number of carbonyl (C=O) groups excluding carboxylic acids is 1. The van der Waals surface area contributed by atoms with Crippen molar-refractivity contribution in [2.24, 2.45) is 0 Å². The first-order chi connectivity index (χ1) is 8.25. The molecule has 0 spiro atoms. The number of nitrogens with one attached hydrogen (secondary N) is 2. The molecule has 1 aliphatic heterocycles. The molecule has 2 N–H and O–H groups in total. The predicted molar refractivity (Wildman–Crippen MR) is 64.8 cm³/mol. The lowest BCUT2D eigenvalue weighted by Gasteiger charge is -2.23. The zero-order chi connectivity index (χ0) is 12.1. The molecule has 0 aliphatic carbocycles. The lowest BCUT2D eigenvalue weighted by molar-refractivity contribution is -0.117. The topological polar surface area (TPSA) is 63.2 Å². The number of aromatic nitrogens is 1. The number of anilines is 1. The van der Waals surface area contributed by atoms with Crippen LogP contribution in [-0.2, 0) is 9.53 Å². The minimum atomic E-state index is -0.0101. The van der Waals surface area contributed by atoms with Crippen LogP contribution in [0.5, 0.6) is 0 Å². The minimum Gasteiger partial charge on any atom is -0.378 e. The third kappa shape index (κ3) is 3.51. The highest BCUT2D eigenvalue weighted by Crippen LogP contribution is 2.12. The van der Waals surface area contributed by atoms with Gasteiger partial charge in [-0.25, -0.2) is 0 Å². The van der Waals surface area contributed by atoms with Crippen LogP contribution in [0.4, 0.5) is 5.69 Å². The molecule has 92 valence electrons. The SMILES string of the molecule is Cc1ccncc1NC(=O)CC1COCCN1. The second-order valence-corrected chi connectivity index (χ2v) is 4.17. The molecule has 1 amide bonds. The molecule has 1 atom stereocenters. The van der Waals surface area contributed by atoms with Gasteiger partial charge in [0.1, 0.15) is 0 Å². The van der Waals surface area contributed by atoms with Crippen LogP contribution in [0.2, 0.25) is 0 Å². The van der Waals surface area contributed by atoms with Crippen molar-refractivity contribution in [2.45, 2.75) is 19.4 Å². The Labute approximate surface area is 101 Å². The molecule has 0 radical (unpaired) electrons. The van der Waals surface area contributed by atoms with E-state index < -0.39 is 0 Å². The lowest BCUT2D eigenvalue weighted by Crippen LogP contribution is -2.43. The fraction of sp³-hybridized carbons (Fsp3) is 0.500. The highest BCUT2D eigenvalue weighted by molar-refractivity contribution is 5.91. The highest BCUT2D eigenvalue weighted by atomic mass is 16.5. The smallest absolute Gasteiger partial charge is 0.226 e. The van der Waals surface area contributed by atoms with E-state index in [0.29, 0.717) is 13.0 Å². The molecule has 2 heterocycles. The molecule has 1 unspecified atom stereocenters. The number of amides is 1. The fourth-order valence-corrected chi connectivity index (χ4v) is 1.77. The van der Waals surface area contributed by atoms with E-state index in [9.17, 15) is 4.79 Å². The van der Waals surface area contributed by atoms with Crippen LogP contribution >= 0.6 is 0 Å². The van der Waals surface area contributed by atoms with Crippen LogP contribution in [-0.4, -0.2) is 36.7 Å². The van der Waals surface area contributed by atoms with Gasteiger partial charge < -0.3 is 15.4 Å². The maximum atomic E-state index is 11.8. The average Bonchev–Trinajstić information content (AvgIpc) is 2.33. The maximum Gasteiger partial charge on any atom is 0.226 e. The molecule has 2 rings (SSSR count). The van der Waals surface area contributed by atoms with Crippen LogP contribution in [0.25, 0.3) is 0 Å². The monoisotopic (exact) mass is 235 g/mol. The summed E-state index contributed by atoms with van der Waals surface area (Å²) in [5.41, 5.74) is 1.79. The van der Waals surface area contributed by atoms with Gasteiger partial charge in [0.05, 0.1) is 25.1 Å². The average molecular weight is 235 g/mol. The van der Waals surface area contributed by atoms with Gasteiger partial charge in [0, 0.05) is 25.2 Å². The summed E-state index contributed by atoms with van der Waals surface area (Å²) in [6.45, 7) is 4.07. The quantitative estimate of drug-likeness (QED) is 0.810. The highest BCUT2D eigenvalue weighted by Gasteiger charge is 2.17. The van der Waals surface area contributed by atoms with Crippen LogP contribution in [0.1, 0.15) is 12.0 Å². The lowest BCUT2D eigenvalue weighted by atomic mass is 10.2. The number of aryl methyl sites for hydroxylation is 1. The molecule has 1 aromatic heterocycles. The zero-order valence-corrected chi connectivity index (χ0v) is 9.90. The Bertz CT molecular complexity index is 389. The number of pyridine rings is 1. The molecule has 0 bridgehead atoms. The number of carbonyl (C=O) groups is 1. The first-order valence-corrected chi connectivity index (χ1v) is 5.77. The van der Waals surface area contributed by atoms with E-state index >= 15 is 0 Å². The molecule has 0 aromatic carbocycles. The zero-order valence-electron chi connectivity index (χ0n) is 9.90. The van der Waals surface area contributed by atoms with Crippen molar-refractivity contribution in [3.8, 4) is 0 Å². The van der Waals surface area contributed by atoms with Gasteiger partial charge in [-0.3, -0.25) is 9.78 Å². The molecule has 5 nitrogen and oxygen atoms in total. The summed E-state index contributed by atoms with van der Waals surface area (Å²) in [5, 5.41) is 6.11. The van der Waals surface area contributed by atoms with E-state index in [1.807, 2.05) is 13.0 Å². The molecular formula is C12H17N3O2. The van der Waals surface area contributed by atoms with Gasteiger partial charge in [0.25, 0.3) is 0 Å². The van der Waals surface area contributed by atoms with Gasteiger partial charge in [-0.1, -0.05) is 0 Å². The van der Waals surface area contributed by atoms with Crippen molar-refractivity contribution in [3.05, 3.63) is 24.0 Å². The molecular weight excluding hydrogens is 218 g/mol. The summed E-state index contributed by atoms with van der Waals surface area (Å²) >= 11 is 0. The molecule has 1 aliphatic rings. The predicted octanol–water partition coefficient (Wildman–Crippen LogP) is 0.707. The van der Waals surface area contributed by atoms with Crippen molar-refractivity contribution in [1.29, 1.82) is 0 Å². The Morgan fingerprint density at radius 1 is 1.71 bits per heavy atom.